The van der Waals surface area contributed by atoms with Crippen molar-refractivity contribution in [2.75, 3.05) is 31.7 Å². The van der Waals surface area contributed by atoms with Gasteiger partial charge in [-0.3, -0.25) is 0 Å². The summed E-state index contributed by atoms with van der Waals surface area (Å²) >= 11 is 5.97. The molecule has 1 saturated heterocycles. The van der Waals surface area contributed by atoms with Crippen molar-refractivity contribution in [3.05, 3.63) is 16.3 Å². The van der Waals surface area contributed by atoms with Crippen LogP contribution in [0.2, 0.25) is 5.15 Å². The Balaban J connectivity index is 2.08. The maximum atomic E-state index is 5.97. The van der Waals surface area contributed by atoms with Crippen molar-refractivity contribution < 1.29 is 4.74 Å². The number of nitrogens with zero attached hydrogens (tertiary/aromatic N) is 3. The normalized spacial score (nSPS) is 16.9. The topological polar surface area (TPSA) is 38.2 Å². The van der Waals surface area contributed by atoms with Crippen LogP contribution in [0.25, 0.3) is 0 Å². The average molecular weight is 270 g/mol. The molecule has 0 N–H and O–H groups in total. The van der Waals surface area contributed by atoms with Crippen molar-refractivity contribution in [1.82, 2.24) is 10.2 Å². The second kappa shape index (κ2) is 5.85. The molecule has 18 heavy (non-hydrogen) atoms. The quantitative estimate of drug-likeness (QED) is 0.846. The summed E-state index contributed by atoms with van der Waals surface area (Å²) in [6.45, 7) is 6.79. The van der Waals surface area contributed by atoms with E-state index in [1.807, 2.05) is 13.8 Å². The molecule has 0 aliphatic carbocycles. The Kier molecular flexibility index (Phi) is 4.40. The molecule has 1 aliphatic heterocycles. The lowest BCUT2D eigenvalue weighted by Gasteiger charge is -2.28. The van der Waals surface area contributed by atoms with Crippen molar-refractivity contribution in [3.8, 4) is 0 Å². The lowest BCUT2D eigenvalue weighted by Crippen LogP contribution is -2.30. The first-order chi connectivity index (χ1) is 8.59. The number of hydrogen-bond donors (Lipinski definition) is 0. The van der Waals surface area contributed by atoms with Crippen molar-refractivity contribution in [2.45, 2.75) is 26.7 Å². The molecule has 1 aromatic rings. The molecule has 0 unspecified atom stereocenters. The third kappa shape index (κ3) is 2.93. The van der Waals surface area contributed by atoms with Gasteiger partial charge in [-0.05, 0) is 43.7 Å². The van der Waals surface area contributed by atoms with Gasteiger partial charge >= 0.3 is 0 Å². The monoisotopic (exact) mass is 269 g/mol. The summed E-state index contributed by atoms with van der Waals surface area (Å²) in [6, 6.07) is 0. The number of rotatable bonds is 3. The highest BCUT2D eigenvalue weighted by atomic mass is 35.5. The Labute approximate surface area is 113 Å². The third-order valence-electron chi connectivity index (χ3n) is 3.67. The van der Waals surface area contributed by atoms with Gasteiger partial charge in [-0.25, -0.2) is 0 Å². The molecule has 1 fully saturated rings. The van der Waals surface area contributed by atoms with Gasteiger partial charge in [0.15, 0.2) is 11.0 Å². The zero-order chi connectivity index (χ0) is 13.1. The van der Waals surface area contributed by atoms with Crippen LogP contribution in [0.15, 0.2) is 0 Å². The Morgan fingerprint density at radius 3 is 2.56 bits per heavy atom. The summed E-state index contributed by atoms with van der Waals surface area (Å²) in [5.41, 5.74) is 2.13. The fraction of sp³-hybridized carbons (Fsp3) is 0.692. The minimum absolute atomic E-state index is 0.496. The van der Waals surface area contributed by atoms with E-state index in [9.17, 15) is 0 Å². The van der Waals surface area contributed by atoms with Gasteiger partial charge in [0, 0.05) is 26.8 Å². The largest absolute Gasteiger partial charge is 0.381 e. The van der Waals surface area contributed by atoms with Crippen LogP contribution in [0.5, 0.6) is 0 Å². The molecule has 2 rings (SSSR count). The highest BCUT2D eigenvalue weighted by Gasteiger charge is 2.18. The predicted molar refractivity (Wildman–Crippen MR) is 73.3 cm³/mol. The summed E-state index contributed by atoms with van der Waals surface area (Å²) in [5.74, 6) is 1.62. The zero-order valence-electron chi connectivity index (χ0n) is 11.2. The van der Waals surface area contributed by atoms with E-state index >= 15 is 0 Å². The second-order valence-electron chi connectivity index (χ2n) is 5.00. The van der Waals surface area contributed by atoms with Gasteiger partial charge < -0.3 is 9.64 Å². The molecule has 100 valence electrons. The van der Waals surface area contributed by atoms with Crippen molar-refractivity contribution >= 4 is 17.4 Å². The van der Waals surface area contributed by atoms with Gasteiger partial charge in [-0.15, -0.1) is 10.2 Å². The van der Waals surface area contributed by atoms with Gasteiger partial charge in [-0.2, -0.15) is 0 Å². The maximum Gasteiger partial charge on any atom is 0.155 e. The van der Waals surface area contributed by atoms with Gasteiger partial charge in [-0.1, -0.05) is 11.6 Å². The SMILES string of the molecule is Cc1c(Cl)nnc(N(C)CC2CCOCC2)c1C. The minimum atomic E-state index is 0.496. The van der Waals surface area contributed by atoms with Crippen LogP contribution in [0, 0.1) is 19.8 Å². The summed E-state index contributed by atoms with van der Waals surface area (Å²) < 4.78 is 5.38. The number of aromatic nitrogens is 2. The standard InChI is InChI=1S/C13H20ClN3O/c1-9-10(2)13(16-15-12(9)14)17(3)8-11-4-6-18-7-5-11/h11H,4-8H2,1-3H3. The van der Waals surface area contributed by atoms with Crippen LogP contribution in [0.1, 0.15) is 24.0 Å². The average Bonchev–Trinajstić information content (AvgIpc) is 2.37. The first kappa shape index (κ1) is 13.6. The molecule has 0 saturated carbocycles. The van der Waals surface area contributed by atoms with Crippen molar-refractivity contribution in [1.29, 1.82) is 0 Å². The number of hydrogen-bond acceptors (Lipinski definition) is 4. The second-order valence-corrected chi connectivity index (χ2v) is 5.36. The fourth-order valence-electron chi connectivity index (χ4n) is 2.33. The van der Waals surface area contributed by atoms with Crippen LogP contribution in [0.4, 0.5) is 5.82 Å². The molecule has 1 aromatic heterocycles. The lowest BCUT2D eigenvalue weighted by molar-refractivity contribution is 0.0685. The van der Waals surface area contributed by atoms with E-state index in [2.05, 4.69) is 22.1 Å². The van der Waals surface area contributed by atoms with Gasteiger partial charge in [0.2, 0.25) is 0 Å². The van der Waals surface area contributed by atoms with Gasteiger partial charge in [0.25, 0.3) is 0 Å². The Morgan fingerprint density at radius 2 is 1.89 bits per heavy atom. The van der Waals surface area contributed by atoms with E-state index in [1.165, 1.54) is 0 Å². The summed E-state index contributed by atoms with van der Waals surface area (Å²) in [4.78, 5) is 2.18. The molecule has 1 aliphatic rings. The van der Waals surface area contributed by atoms with Gasteiger partial charge in [0.05, 0.1) is 0 Å². The number of ether oxygens (including phenoxy) is 1. The summed E-state index contributed by atoms with van der Waals surface area (Å²) in [6.07, 6.45) is 2.26. The van der Waals surface area contributed by atoms with E-state index in [1.54, 1.807) is 0 Å². The molecule has 0 spiro atoms. The molecular weight excluding hydrogens is 250 g/mol. The van der Waals surface area contributed by atoms with Crippen molar-refractivity contribution in [3.63, 3.8) is 0 Å². The van der Waals surface area contributed by atoms with Crippen LogP contribution in [0.3, 0.4) is 0 Å². The Hall–Kier alpha value is -0.870. The molecule has 0 amide bonds. The lowest BCUT2D eigenvalue weighted by atomic mass is 10.00. The number of halogens is 1. The molecule has 0 aromatic carbocycles. The maximum absolute atomic E-state index is 5.97. The van der Waals surface area contributed by atoms with E-state index in [0.717, 1.165) is 49.5 Å². The highest BCUT2D eigenvalue weighted by molar-refractivity contribution is 6.30. The van der Waals surface area contributed by atoms with E-state index in [-0.39, 0.29) is 0 Å². The van der Waals surface area contributed by atoms with Crippen LogP contribution in [-0.2, 0) is 4.74 Å². The molecular formula is C13H20ClN3O. The third-order valence-corrected chi connectivity index (χ3v) is 4.03. The van der Waals surface area contributed by atoms with Crippen LogP contribution < -0.4 is 4.90 Å². The smallest absolute Gasteiger partial charge is 0.155 e. The van der Waals surface area contributed by atoms with E-state index in [4.69, 9.17) is 16.3 Å². The Morgan fingerprint density at radius 1 is 1.22 bits per heavy atom. The fourth-order valence-corrected chi connectivity index (χ4v) is 2.51. The molecule has 0 bridgehead atoms. The van der Waals surface area contributed by atoms with E-state index in [0.29, 0.717) is 11.1 Å². The minimum Gasteiger partial charge on any atom is -0.381 e. The molecule has 5 heteroatoms. The van der Waals surface area contributed by atoms with Crippen LogP contribution in [-0.4, -0.2) is 37.0 Å². The predicted octanol–water partition coefficient (Wildman–Crippen LogP) is 2.61. The zero-order valence-corrected chi connectivity index (χ0v) is 12.0. The first-order valence-corrected chi connectivity index (χ1v) is 6.75. The number of anilines is 1. The summed E-state index contributed by atoms with van der Waals surface area (Å²) in [5, 5.41) is 8.72. The molecule has 0 atom stereocenters. The van der Waals surface area contributed by atoms with Crippen molar-refractivity contribution in [2.24, 2.45) is 5.92 Å². The molecule has 2 heterocycles. The molecule has 0 radical (unpaired) electrons. The summed E-state index contributed by atoms with van der Waals surface area (Å²) in [7, 11) is 2.07. The van der Waals surface area contributed by atoms with Crippen LogP contribution >= 0.6 is 11.6 Å². The Bertz CT molecular complexity index is 419. The first-order valence-electron chi connectivity index (χ1n) is 6.38. The van der Waals surface area contributed by atoms with Gasteiger partial charge in [0.1, 0.15) is 0 Å². The highest BCUT2D eigenvalue weighted by Crippen LogP contribution is 2.25. The van der Waals surface area contributed by atoms with E-state index < -0.39 is 0 Å². The molecule has 4 nitrogen and oxygen atoms in total.